The van der Waals surface area contributed by atoms with E-state index in [0.29, 0.717) is 22.4 Å². The summed E-state index contributed by atoms with van der Waals surface area (Å²) in [4.78, 5) is 13.1. The molecule has 2 aromatic rings. The van der Waals surface area contributed by atoms with E-state index < -0.39 is 0 Å². The Morgan fingerprint density at radius 2 is 1.79 bits per heavy atom. The maximum Gasteiger partial charge on any atom is 0.291 e. The van der Waals surface area contributed by atoms with Crippen molar-refractivity contribution in [2.45, 2.75) is 57.9 Å². The Morgan fingerprint density at radius 1 is 1.14 bits per heavy atom. The van der Waals surface area contributed by atoms with Gasteiger partial charge in [0.2, 0.25) is 5.76 Å². The highest BCUT2D eigenvalue weighted by Crippen LogP contribution is 2.55. The number of hydrogen-bond donors (Lipinski definition) is 1. The zero-order chi connectivity index (χ0) is 20.2. The van der Waals surface area contributed by atoms with Gasteiger partial charge in [0.05, 0.1) is 5.69 Å². The van der Waals surface area contributed by atoms with E-state index in [0.717, 1.165) is 37.0 Å². The second-order valence-electron chi connectivity index (χ2n) is 9.34. The topological polar surface area (TPSA) is 55.1 Å². The summed E-state index contributed by atoms with van der Waals surface area (Å²) in [5, 5.41) is 7.27. The summed E-state index contributed by atoms with van der Waals surface area (Å²) in [5.41, 5.74) is 2.08. The minimum atomic E-state index is -0.293. The molecule has 5 heteroatoms. The maximum atomic E-state index is 13.8. The number of hydrogen-bond acceptors (Lipinski definition) is 3. The number of nitrogens with zero attached hydrogens (tertiary/aromatic N) is 1. The highest BCUT2D eigenvalue weighted by Gasteiger charge is 2.51. The van der Waals surface area contributed by atoms with Gasteiger partial charge in [-0.1, -0.05) is 23.1 Å². The molecule has 0 unspecified atom stereocenters. The molecular weight excluding hydrogens is 367 g/mol. The monoisotopic (exact) mass is 392 g/mol. The fourth-order valence-corrected chi connectivity index (χ4v) is 6.04. The highest BCUT2D eigenvalue weighted by atomic mass is 19.1. The average molecular weight is 392 g/mol. The standard InChI is InChI=1S/C24H25FN2O2/c1-14-3-4-16(10-21(14)25)5-6-20-15(2)27-29-22(20)23(28)26-24-11-17-7-18(12-24)9-19(8-17)13-24/h3-4,10,17-19H,7-9,11-13H2,1-2H3,(H,26,28). The molecular formula is C24H25FN2O2. The summed E-state index contributed by atoms with van der Waals surface area (Å²) < 4.78 is 19.1. The van der Waals surface area contributed by atoms with E-state index in [2.05, 4.69) is 22.3 Å². The minimum absolute atomic E-state index is 0.0999. The number of nitrogens with one attached hydrogen (secondary N) is 1. The SMILES string of the molecule is Cc1ccc(C#Cc2c(C)noc2C(=O)NC23CC4CC(CC(C4)C2)C3)cc1F. The number of aromatic nitrogens is 1. The molecule has 150 valence electrons. The molecule has 0 saturated heterocycles. The molecule has 1 N–H and O–H groups in total. The van der Waals surface area contributed by atoms with E-state index in [4.69, 9.17) is 4.52 Å². The number of benzene rings is 1. The van der Waals surface area contributed by atoms with Crippen LogP contribution in [0.15, 0.2) is 22.7 Å². The Morgan fingerprint density at radius 3 is 2.41 bits per heavy atom. The van der Waals surface area contributed by atoms with Crippen LogP contribution in [0, 0.1) is 49.3 Å². The predicted molar refractivity (Wildman–Crippen MR) is 107 cm³/mol. The van der Waals surface area contributed by atoms with Crippen LogP contribution in [0.1, 0.15) is 71.5 Å². The largest absolute Gasteiger partial charge is 0.349 e. The Hall–Kier alpha value is -2.61. The highest BCUT2D eigenvalue weighted by molar-refractivity contribution is 5.94. The van der Waals surface area contributed by atoms with Crippen LogP contribution in [0.2, 0.25) is 0 Å². The molecule has 0 radical (unpaired) electrons. The number of carbonyl (C=O) groups is 1. The van der Waals surface area contributed by atoms with Crippen molar-refractivity contribution in [2.75, 3.05) is 0 Å². The maximum absolute atomic E-state index is 13.8. The fraction of sp³-hybridized carbons (Fsp3) is 0.500. The fourth-order valence-electron chi connectivity index (χ4n) is 6.04. The number of aryl methyl sites for hydroxylation is 2. The van der Waals surface area contributed by atoms with Gasteiger partial charge in [0.1, 0.15) is 11.4 Å². The lowest BCUT2D eigenvalue weighted by atomic mass is 9.53. The third kappa shape index (κ3) is 3.35. The second-order valence-corrected chi connectivity index (χ2v) is 9.34. The molecule has 0 spiro atoms. The normalized spacial score (nSPS) is 29.4. The van der Waals surface area contributed by atoms with Crippen LogP contribution in [-0.4, -0.2) is 16.6 Å². The molecule has 1 aromatic heterocycles. The lowest BCUT2D eigenvalue weighted by Crippen LogP contribution is -2.59. The molecule has 4 nitrogen and oxygen atoms in total. The zero-order valence-electron chi connectivity index (χ0n) is 16.8. The lowest BCUT2D eigenvalue weighted by Gasteiger charge is -2.56. The smallest absolute Gasteiger partial charge is 0.291 e. The molecule has 29 heavy (non-hydrogen) atoms. The van der Waals surface area contributed by atoms with Gasteiger partial charge in [-0.15, -0.1) is 0 Å². The van der Waals surface area contributed by atoms with E-state index in [1.165, 1.54) is 25.3 Å². The number of halogens is 1. The number of amides is 1. The van der Waals surface area contributed by atoms with E-state index in [-0.39, 0.29) is 23.0 Å². The van der Waals surface area contributed by atoms with E-state index in [1.807, 2.05) is 0 Å². The molecule has 4 aliphatic rings. The summed E-state index contributed by atoms with van der Waals surface area (Å²) in [7, 11) is 0. The summed E-state index contributed by atoms with van der Waals surface area (Å²) in [5.74, 6) is 7.80. The first-order chi connectivity index (χ1) is 13.9. The Labute approximate surface area is 170 Å². The third-order valence-corrected chi connectivity index (χ3v) is 6.99. The van der Waals surface area contributed by atoms with Crippen molar-refractivity contribution in [1.82, 2.24) is 10.5 Å². The molecule has 1 amide bonds. The van der Waals surface area contributed by atoms with Crippen molar-refractivity contribution >= 4 is 5.91 Å². The molecule has 6 rings (SSSR count). The van der Waals surface area contributed by atoms with Crippen molar-refractivity contribution in [3.05, 3.63) is 52.2 Å². The zero-order valence-corrected chi connectivity index (χ0v) is 16.8. The van der Waals surface area contributed by atoms with Crippen LogP contribution in [0.5, 0.6) is 0 Å². The van der Waals surface area contributed by atoms with Gasteiger partial charge in [-0.25, -0.2) is 4.39 Å². The number of carbonyl (C=O) groups excluding carboxylic acids is 1. The average Bonchev–Trinajstić information content (AvgIpc) is 3.02. The van der Waals surface area contributed by atoms with E-state index in [1.54, 1.807) is 26.0 Å². The molecule has 0 atom stereocenters. The summed E-state index contributed by atoms with van der Waals surface area (Å²) in [6.45, 7) is 3.48. The van der Waals surface area contributed by atoms with Gasteiger partial charge in [-0.05, 0) is 87.8 Å². The van der Waals surface area contributed by atoms with Crippen molar-refractivity contribution < 1.29 is 13.7 Å². The van der Waals surface area contributed by atoms with Crippen LogP contribution < -0.4 is 5.32 Å². The van der Waals surface area contributed by atoms with Crippen LogP contribution in [-0.2, 0) is 0 Å². The van der Waals surface area contributed by atoms with Gasteiger partial charge in [0.25, 0.3) is 5.91 Å². The number of rotatable bonds is 2. The van der Waals surface area contributed by atoms with Gasteiger partial charge in [-0.2, -0.15) is 0 Å². The summed E-state index contributed by atoms with van der Waals surface area (Å²) >= 11 is 0. The molecule has 0 aliphatic heterocycles. The van der Waals surface area contributed by atoms with Gasteiger partial charge in [-0.3, -0.25) is 4.79 Å². The predicted octanol–water partition coefficient (Wildman–Crippen LogP) is 4.53. The van der Waals surface area contributed by atoms with Gasteiger partial charge in [0, 0.05) is 11.1 Å². The lowest BCUT2D eigenvalue weighted by molar-refractivity contribution is -0.0172. The molecule has 4 bridgehead atoms. The molecule has 1 heterocycles. The first-order valence-corrected chi connectivity index (χ1v) is 10.5. The van der Waals surface area contributed by atoms with Crippen molar-refractivity contribution in [2.24, 2.45) is 17.8 Å². The second kappa shape index (κ2) is 6.73. The van der Waals surface area contributed by atoms with Crippen molar-refractivity contribution in [3.8, 4) is 11.8 Å². The van der Waals surface area contributed by atoms with Crippen molar-refractivity contribution in [1.29, 1.82) is 0 Å². The van der Waals surface area contributed by atoms with Gasteiger partial charge in [0.15, 0.2) is 0 Å². The Kier molecular flexibility index (Phi) is 4.27. The first-order valence-electron chi connectivity index (χ1n) is 10.5. The Bertz CT molecular complexity index is 1010. The van der Waals surface area contributed by atoms with E-state index >= 15 is 0 Å². The molecule has 4 saturated carbocycles. The quantitative estimate of drug-likeness (QED) is 0.764. The Balaban J connectivity index is 1.39. The summed E-state index contributed by atoms with van der Waals surface area (Å²) in [6, 6.07) is 4.87. The first kappa shape index (κ1) is 18.4. The third-order valence-electron chi connectivity index (χ3n) is 6.99. The van der Waals surface area contributed by atoms with Crippen LogP contribution in [0.4, 0.5) is 4.39 Å². The van der Waals surface area contributed by atoms with Crippen LogP contribution in [0.3, 0.4) is 0 Å². The van der Waals surface area contributed by atoms with Gasteiger partial charge < -0.3 is 9.84 Å². The minimum Gasteiger partial charge on any atom is -0.349 e. The molecule has 4 fully saturated rings. The molecule has 1 aromatic carbocycles. The summed E-state index contributed by atoms with van der Waals surface area (Å²) in [6.07, 6.45) is 7.17. The van der Waals surface area contributed by atoms with Crippen LogP contribution in [0.25, 0.3) is 0 Å². The van der Waals surface area contributed by atoms with Crippen LogP contribution >= 0.6 is 0 Å². The van der Waals surface area contributed by atoms with Gasteiger partial charge >= 0.3 is 0 Å². The van der Waals surface area contributed by atoms with Crippen molar-refractivity contribution in [3.63, 3.8) is 0 Å². The van der Waals surface area contributed by atoms with E-state index in [9.17, 15) is 9.18 Å². The molecule has 4 aliphatic carbocycles.